The van der Waals surface area contributed by atoms with Gasteiger partial charge in [-0.05, 0) is 56.2 Å². The molecule has 0 saturated carbocycles. The molecule has 0 unspecified atom stereocenters. The van der Waals surface area contributed by atoms with Gasteiger partial charge in [-0.3, -0.25) is 15.1 Å². The molecule has 3 rings (SSSR count). The molecule has 4 nitrogen and oxygen atoms in total. The topological polar surface area (TPSA) is 53.7 Å². The Morgan fingerprint density at radius 2 is 2.04 bits per heavy atom. The number of benzene rings is 1. The van der Waals surface area contributed by atoms with E-state index in [1.165, 1.54) is 5.56 Å². The summed E-state index contributed by atoms with van der Waals surface area (Å²) in [6.07, 6.45) is 4.36. The molecule has 0 aliphatic rings. The lowest BCUT2D eigenvalue weighted by Gasteiger charge is -2.15. The second-order valence-corrected chi connectivity index (χ2v) is 6.83. The van der Waals surface area contributed by atoms with E-state index in [9.17, 15) is 0 Å². The zero-order valence-electron chi connectivity index (χ0n) is 14.9. The van der Waals surface area contributed by atoms with Crippen molar-refractivity contribution in [1.82, 2.24) is 9.66 Å². The minimum atomic E-state index is 0.683. The van der Waals surface area contributed by atoms with Crippen LogP contribution in [0.25, 0.3) is 10.9 Å². The maximum absolute atomic E-state index is 8.10. The summed E-state index contributed by atoms with van der Waals surface area (Å²) in [5.74, 6) is 0. The summed E-state index contributed by atoms with van der Waals surface area (Å²) in [6, 6.07) is 9.86. The van der Waals surface area contributed by atoms with E-state index in [0.29, 0.717) is 11.4 Å². The number of pyridine rings is 1. The number of aromatic nitrogens is 2. The van der Waals surface area contributed by atoms with Gasteiger partial charge in [-0.15, -0.1) is 0 Å². The Labute approximate surface area is 153 Å². The Hall–Kier alpha value is -2.33. The van der Waals surface area contributed by atoms with Crippen molar-refractivity contribution >= 4 is 33.9 Å². The third-order valence-corrected chi connectivity index (χ3v) is 4.66. The van der Waals surface area contributed by atoms with Gasteiger partial charge >= 0.3 is 0 Å². The molecule has 2 N–H and O–H groups in total. The van der Waals surface area contributed by atoms with Crippen molar-refractivity contribution in [2.45, 2.75) is 40.0 Å². The molecule has 0 aliphatic heterocycles. The number of fused-ring (bicyclic) bond motifs is 1. The molecule has 2 aromatic heterocycles. The van der Waals surface area contributed by atoms with Crippen LogP contribution in [0.3, 0.4) is 0 Å². The molecule has 3 aromatic rings. The molecule has 0 amide bonds. The van der Waals surface area contributed by atoms with E-state index in [2.05, 4.69) is 41.9 Å². The summed E-state index contributed by atoms with van der Waals surface area (Å²) < 4.78 is 2.08. The van der Waals surface area contributed by atoms with Crippen LogP contribution in [0.15, 0.2) is 36.5 Å². The second-order valence-electron chi connectivity index (χ2n) is 6.39. The fourth-order valence-electron chi connectivity index (χ4n) is 3.14. The predicted octanol–water partition coefficient (Wildman–Crippen LogP) is 5.54. The zero-order chi connectivity index (χ0) is 18.0. The van der Waals surface area contributed by atoms with Gasteiger partial charge in [0.25, 0.3) is 0 Å². The van der Waals surface area contributed by atoms with E-state index in [1.807, 2.05) is 24.3 Å². The van der Waals surface area contributed by atoms with Crippen molar-refractivity contribution in [2.75, 3.05) is 5.43 Å². The van der Waals surface area contributed by atoms with Gasteiger partial charge in [-0.2, -0.15) is 0 Å². The van der Waals surface area contributed by atoms with Crippen molar-refractivity contribution in [1.29, 1.82) is 5.41 Å². The highest BCUT2D eigenvalue weighted by Gasteiger charge is 2.12. The number of hydrogen-bond acceptors (Lipinski definition) is 3. The molecule has 0 fully saturated rings. The second kappa shape index (κ2) is 7.28. The SMILES string of the molecule is CCCC(=N)Cc1cc(C)n(Nc2ccnc3cc(Cl)ccc23)c1C. The van der Waals surface area contributed by atoms with Gasteiger partial charge in [0.1, 0.15) is 0 Å². The van der Waals surface area contributed by atoms with Gasteiger partial charge in [0.15, 0.2) is 0 Å². The number of anilines is 1. The Morgan fingerprint density at radius 1 is 1.24 bits per heavy atom. The number of halogens is 1. The average molecular weight is 355 g/mol. The monoisotopic (exact) mass is 354 g/mol. The summed E-state index contributed by atoms with van der Waals surface area (Å²) in [4.78, 5) is 4.39. The van der Waals surface area contributed by atoms with Gasteiger partial charge in [-0.1, -0.05) is 24.9 Å². The molecule has 5 heteroatoms. The molecule has 0 bridgehead atoms. The predicted molar refractivity (Wildman–Crippen MR) is 106 cm³/mol. The Morgan fingerprint density at radius 3 is 2.80 bits per heavy atom. The van der Waals surface area contributed by atoms with Gasteiger partial charge in [0.2, 0.25) is 0 Å². The maximum atomic E-state index is 8.10. The van der Waals surface area contributed by atoms with Crippen LogP contribution in [0, 0.1) is 19.3 Å². The highest BCUT2D eigenvalue weighted by molar-refractivity contribution is 6.31. The van der Waals surface area contributed by atoms with Gasteiger partial charge in [-0.25, -0.2) is 0 Å². The number of nitrogens with one attached hydrogen (secondary N) is 2. The van der Waals surface area contributed by atoms with Crippen LogP contribution in [-0.2, 0) is 6.42 Å². The van der Waals surface area contributed by atoms with Crippen LogP contribution < -0.4 is 5.43 Å². The molecular weight excluding hydrogens is 332 g/mol. The summed E-state index contributed by atoms with van der Waals surface area (Å²) >= 11 is 6.07. The van der Waals surface area contributed by atoms with Gasteiger partial charge < -0.3 is 5.41 Å². The highest BCUT2D eigenvalue weighted by Crippen LogP contribution is 2.26. The van der Waals surface area contributed by atoms with E-state index in [-0.39, 0.29) is 0 Å². The zero-order valence-corrected chi connectivity index (χ0v) is 15.6. The van der Waals surface area contributed by atoms with E-state index in [1.54, 1.807) is 6.20 Å². The van der Waals surface area contributed by atoms with Crippen LogP contribution in [0.4, 0.5) is 5.69 Å². The fraction of sp³-hybridized carbons (Fsp3) is 0.300. The minimum Gasteiger partial charge on any atom is -0.309 e. The van der Waals surface area contributed by atoms with Crippen LogP contribution >= 0.6 is 11.6 Å². The first-order chi connectivity index (χ1) is 12.0. The lowest BCUT2D eigenvalue weighted by molar-refractivity contribution is 0.875. The highest BCUT2D eigenvalue weighted by atomic mass is 35.5. The van der Waals surface area contributed by atoms with Gasteiger partial charge in [0, 0.05) is 40.1 Å². The Bertz CT molecular complexity index is 927. The summed E-state index contributed by atoms with van der Waals surface area (Å²) in [6.45, 7) is 6.28. The molecule has 25 heavy (non-hydrogen) atoms. The first-order valence-corrected chi connectivity index (χ1v) is 8.92. The van der Waals surface area contributed by atoms with E-state index in [4.69, 9.17) is 17.0 Å². The quantitative estimate of drug-likeness (QED) is 0.570. The van der Waals surface area contributed by atoms with Crippen LogP contribution in [0.5, 0.6) is 0 Å². The molecule has 0 aliphatic carbocycles. The summed E-state index contributed by atoms with van der Waals surface area (Å²) in [5, 5.41) is 9.81. The first kappa shape index (κ1) is 17.5. The lowest BCUT2D eigenvalue weighted by atomic mass is 10.1. The van der Waals surface area contributed by atoms with E-state index in [0.717, 1.165) is 46.5 Å². The average Bonchev–Trinajstić information content (AvgIpc) is 2.82. The molecule has 1 aromatic carbocycles. The molecular formula is C20H23ClN4. The Kier molecular flexibility index (Phi) is 5.09. The Balaban J connectivity index is 1.94. The first-order valence-electron chi connectivity index (χ1n) is 8.55. The smallest absolute Gasteiger partial charge is 0.0738 e. The van der Waals surface area contributed by atoms with Crippen molar-refractivity contribution in [3.63, 3.8) is 0 Å². The fourth-order valence-corrected chi connectivity index (χ4v) is 3.31. The van der Waals surface area contributed by atoms with Crippen molar-refractivity contribution in [3.8, 4) is 0 Å². The van der Waals surface area contributed by atoms with Gasteiger partial charge in [0.05, 0.1) is 11.2 Å². The third-order valence-electron chi connectivity index (χ3n) is 4.43. The summed E-state index contributed by atoms with van der Waals surface area (Å²) in [7, 11) is 0. The van der Waals surface area contributed by atoms with Crippen LogP contribution in [0.2, 0.25) is 5.02 Å². The third kappa shape index (κ3) is 3.69. The largest absolute Gasteiger partial charge is 0.309 e. The van der Waals surface area contributed by atoms with Crippen molar-refractivity contribution in [2.24, 2.45) is 0 Å². The molecule has 0 atom stereocenters. The van der Waals surface area contributed by atoms with E-state index < -0.39 is 0 Å². The van der Waals surface area contributed by atoms with Crippen molar-refractivity contribution < 1.29 is 0 Å². The van der Waals surface area contributed by atoms with Crippen LogP contribution in [0.1, 0.15) is 36.7 Å². The molecule has 0 radical (unpaired) electrons. The maximum Gasteiger partial charge on any atom is 0.0738 e. The summed E-state index contributed by atoms with van der Waals surface area (Å²) in [5.41, 5.74) is 9.58. The molecule has 0 saturated heterocycles. The number of rotatable bonds is 6. The van der Waals surface area contributed by atoms with Crippen LogP contribution in [-0.4, -0.2) is 15.4 Å². The molecule has 0 spiro atoms. The molecule has 130 valence electrons. The van der Waals surface area contributed by atoms with E-state index >= 15 is 0 Å². The minimum absolute atomic E-state index is 0.683. The normalized spacial score (nSPS) is 11.0. The number of nitrogens with zero attached hydrogens (tertiary/aromatic N) is 2. The number of hydrogen-bond donors (Lipinski definition) is 2. The standard InChI is InChI=1S/C20H23ClN4/c1-4-5-17(22)11-15-10-13(2)25(14(15)3)24-19-8-9-23-20-12-16(21)6-7-18(19)20/h6-10,12,22H,4-5,11H2,1-3H3,(H,23,24). The van der Waals surface area contributed by atoms with Crippen molar-refractivity contribution in [3.05, 3.63) is 58.5 Å². The number of aryl methyl sites for hydroxylation is 1. The molecule has 2 heterocycles. The lowest BCUT2D eigenvalue weighted by Crippen LogP contribution is -2.13.